The summed E-state index contributed by atoms with van der Waals surface area (Å²) in [4.78, 5) is 13.2. The van der Waals surface area contributed by atoms with Crippen LogP contribution in [0.15, 0.2) is 6.58 Å². The van der Waals surface area contributed by atoms with E-state index in [0.717, 1.165) is 29.6 Å². The van der Waals surface area contributed by atoms with Crippen LogP contribution in [0.1, 0.15) is 45.9 Å². The first kappa shape index (κ1) is 10.6. The Labute approximate surface area is 94.8 Å². The normalized spacial score (nSPS) is 18.3. The SMILES string of the molecule is C=Cc1c(C=O)sc2c1CC(C)(C)CC2. The Hall–Kier alpha value is -0.890. The molecule has 2 rings (SSSR count). The second-order valence-electron chi connectivity index (χ2n) is 4.94. The van der Waals surface area contributed by atoms with E-state index in [4.69, 9.17) is 0 Å². The number of aryl methyl sites for hydroxylation is 1. The fraction of sp³-hybridized carbons (Fsp3) is 0.462. The van der Waals surface area contributed by atoms with Crippen molar-refractivity contribution in [2.75, 3.05) is 0 Å². The van der Waals surface area contributed by atoms with Gasteiger partial charge in [-0.2, -0.15) is 0 Å². The summed E-state index contributed by atoms with van der Waals surface area (Å²) in [7, 11) is 0. The maximum atomic E-state index is 10.9. The van der Waals surface area contributed by atoms with Crippen LogP contribution in [0, 0.1) is 5.41 Å². The van der Waals surface area contributed by atoms with Crippen molar-refractivity contribution in [1.29, 1.82) is 0 Å². The van der Waals surface area contributed by atoms with Crippen LogP contribution in [-0.2, 0) is 12.8 Å². The van der Waals surface area contributed by atoms with Crippen LogP contribution in [-0.4, -0.2) is 6.29 Å². The first-order chi connectivity index (χ1) is 7.07. The Morgan fingerprint density at radius 1 is 1.47 bits per heavy atom. The van der Waals surface area contributed by atoms with Crippen molar-refractivity contribution in [2.45, 2.75) is 33.1 Å². The number of thiophene rings is 1. The molecule has 1 aliphatic rings. The summed E-state index contributed by atoms with van der Waals surface area (Å²) in [5, 5.41) is 0. The molecule has 0 N–H and O–H groups in total. The smallest absolute Gasteiger partial charge is 0.160 e. The van der Waals surface area contributed by atoms with Gasteiger partial charge in [0.1, 0.15) is 0 Å². The summed E-state index contributed by atoms with van der Waals surface area (Å²) in [5.74, 6) is 0. The topological polar surface area (TPSA) is 17.1 Å². The molecule has 0 aliphatic heterocycles. The second kappa shape index (κ2) is 3.60. The summed E-state index contributed by atoms with van der Waals surface area (Å²) < 4.78 is 0. The molecule has 0 unspecified atom stereocenters. The fourth-order valence-corrected chi connectivity index (χ4v) is 3.41. The van der Waals surface area contributed by atoms with E-state index < -0.39 is 0 Å². The maximum Gasteiger partial charge on any atom is 0.160 e. The average molecular weight is 220 g/mol. The van der Waals surface area contributed by atoms with Crippen molar-refractivity contribution < 1.29 is 4.79 Å². The highest BCUT2D eigenvalue weighted by Gasteiger charge is 2.29. The van der Waals surface area contributed by atoms with Crippen LogP contribution < -0.4 is 0 Å². The zero-order valence-corrected chi connectivity index (χ0v) is 10.1. The Kier molecular flexibility index (Phi) is 2.55. The molecule has 0 fully saturated rings. The lowest BCUT2D eigenvalue weighted by molar-refractivity contribution is 0.112. The van der Waals surface area contributed by atoms with Gasteiger partial charge in [-0.3, -0.25) is 4.79 Å². The predicted molar refractivity (Wildman–Crippen MR) is 65.6 cm³/mol. The van der Waals surface area contributed by atoms with E-state index in [-0.39, 0.29) is 0 Å². The van der Waals surface area contributed by atoms with Crippen LogP contribution in [0.3, 0.4) is 0 Å². The minimum absolute atomic E-state index is 0.367. The number of rotatable bonds is 2. The number of hydrogen-bond acceptors (Lipinski definition) is 2. The van der Waals surface area contributed by atoms with Crippen molar-refractivity contribution in [3.63, 3.8) is 0 Å². The lowest BCUT2D eigenvalue weighted by atomic mass is 9.76. The molecule has 15 heavy (non-hydrogen) atoms. The van der Waals surface area contributed by atoms with E-state index in [9.17, 15) is 4.79 Å². The van der Waals surface area contributed by atoms with Gasteiger partial charge in [0.15, 0.2) is 6.29 Å². The fourth-order valence-electron chi connectivity index (χ4n) is 2.27. The van der Waals surface area contributed by atoms with Crippen LogP contribution in [0.4, 0.5) is 0 Å². The van der Waals surface area contributed by atoms with Crippen molar-refractivity contribution in [3.8, 4) is 0 Å². The summed E-state index contributed by atoms with van der Waals surface area (Å²) in [6, 6.07) is 0. The van der Waals surface area contributed by atoms with Crippen molar-refractivity contribution >= 4 is 23.7 Å². The lowest BCUT2D eigenvalue weighted by Gasteiger charge is -2.29. The third-order valence-electron chi connectivity index (χ3n) is 3.16. The quantitative estimate of drug-likeness (QED) is 0.694. The molecule has 1 nitrogen and oxygen atoms in total. The summed E-state index contributed by atoms with van der Waals surface area (Å²) >= 11 is 1.65. The van der Waals surface area contributed by atoms with Crippen LogP contribution in [0.2, 0.25) is 0 Å². The molecule has 2 heteroatoms. The van der Waals surface area contributed by atoms with E-state index in [1.165, 1.54) is 16.9 Å². The molecule has 0 saturated carbocycles. The standard InChI is InChI=1S/C13H16OS/c1-4-9-10-7-13(2,3)6-5-11(10)15-12(9)8-14/h4,8H,1,5-7H2,2-3H3. The van der Waals surface area contributed by atoms with Gasteiger partial charge in [0.2, 0.25) is 0 Å². The Balaban J connectivity index is 2.52. The van der Waals surface area contributed by atoms with E-state index in [1.807, 2.05) is 6.08 Å². The zero-order chi connectivity index (χ0) is 11.1. The monoisotopic (exact) mass is 220 g/mol. The zero-order valence-electron chi connectivity index (χ0n) is 9.30. The van der Waals surface area contributed by atoms with Crippen LogP contribution >= 0.6 is 11.3 Å². The second-order valence-corrected chi connectivity index (χ2v) is 6.08. The van der Waals surface area contributed by atoms with E-state index in [0.29, 0.717) is 5.41 Å². The minimum atomic E-state index is 0.367. The van der Waals surface area contributed by atoms with Crippen molar-refractivity contribution in [3.05, 3.63) is 27.5 Å². The third-order valence-corrected chi connectivity index (χ3v) is 4.39. The van der Waals surface area contributed by atoms with Gasteiger partial charge in [0, 0.05) is 4.88 Å². The molecule has 0 spiro atoms. The molecule has 1 aromatic heterocycles. The van der Waals surface area contributed by atoms with Gasteiger partial charge < -0.3 is 0 Å². The van der Waals surface area contributed by atoms with Crippen LogP contribution in [0.25, 0.3) is 6.08 Å². The third kappa shape index (κ3) is 1.78. The van der Waals surface area contributed by atoms with Crippen molar-refractivity contribution in [2.24, 2.45) is 5.41 Å². The highest BCUT2D eigenvalue weighted by atomic mass is 32.1. The summed E-state index contributed by atoms with van der Waals surface area (Å²) in [6.45, 7) is 8.40. The van der Waals surface area contributed by atoms with E-state index >= 15 is 0 Å². The first-order valence-corrected chi connectivity index (χ1v) is 6.11. The Morgan fingerprint density at radius 2 is 2.20 bits per heavy atom. The number of carbonyl (C=O) groups excluding carboxylic acids is 1. The maximum absolute atomic E-state index is 10.9. The number of aldehydes is 1. The predicted octanol–water partition coefficient (Wildman–Crippen LogP) is 3.72. The molecule has 1 heterocycles. The molecule has 80 valence electrons. The molecule has 0 aromatic carbocycles. The minimum Gasteiger partial charge on any atom is -0.297 e. The Morgan fingerprint density at radius 3 is 2.80 bits per heavy atom. The molecule has 0 radical (unpaired) electrons. The van der Waals surface area contributed by atoms with Crippen LogP contribution in [0.5, 0.6) is 0 Å². The largest absolute Gasteiger partial charge is 0.297 e. The lowest BCUT2D eigenvalue weighted by Crippen LogP contribution is -2.21. The first-order valence-electron chi connectivity index (χ1n) is 5.29. The van der Waals surface area contributed by atoms with Gasteiger partial charge in [0.05, 0.1) is 4.88 Å². The highest BCUT2D eigenvalue weighted by molar-refractivity contribution is 7.14. The number of carbonyl (C=O) groups is 1. The molecular formula is C13H16OS. The van der Waals surface area contributed by atoms with Gasteiger partial charge in [-0.1, -0.05) is 26.5 Å². The average Bonchev–Trinajstić information content (AvgIpc) is 2.53. The summed E-state index contributed by atoms with van der Waals surface area (Å²) in [5.41, 5.74) is 2.82. The molecule has 0 amide bonds. The number of hydrogen-bond donors (Lipinski definition) is 0. The number of fused-ring (bicyclic) bond motifs is 1. The summed E-state index contributed by atoms with van der Waals surface area (Å²) in [6.07, 6.45) is 6.21. The molecule has 0 bridgehead atoms. The van der Waals surface area contributed by atoms with Crippen molar-refractivity contribution in [1.82, 2.24) is 0 Å². The molecule has 0 saturated heterocycles. The van der Waals surface area contributed by atoms with Gasteiger partial charge in [-0.15, -0.1) is 11.3 Å². The van der Waals surface area contributed by atoms with Gasteiger partial charge in [-0.05, 0) is 35.8 Å². The van der Waals surface area contributed by atoms with E-state index in [2.05, 4.69) is 20.4 Å². The Bertz CT molecular complexity index is 412. The van der Waals surface area contributed by atoms with Gasteiger partial charge >= 0.3 is 0 Å². The highest BCUT2D eigenvalue weighted by Crippen LogP contribution is 2.41. The molecular weight excluding hydrogens is 204 g/mol. The van der Waals surface area contributed by atoms with E-state index in [1.54, 1.807) is 11.3 Å². The molecule has 1 aromatic rings. The van der Waals surface area contributed by atoms with Gasteiger partial charge in [-0.25, -0.2) is 0 Å². The molecule has 0 atom stereocenters. The van der Waals surface area contributed by atoms with Gasteiger partial charge in [0.25, 0.3) is 0 Å². The molecule has 1 aliphatic carbocycles.